The zero-order chi connectivity index (χ0) is 11.3. The van der Waals surface area contributed by atoms with Crippen molar-refractivity contribution in [2.75, 3.05) is 5.32 Å². The average Bonchev–Trinajstić information content (AvgIpc) is 2.18. The first kappa shape index (κ1) is 11.7. The van der Waals surface area contributed by atoms with Crippen LogP contribution in [0.4, 0.5) is 5.69 Å². The van der Waals surface area contributed by atoms with Crippen molar-refractivity contribution in [3.8, 4) is 0 Å². The number of amides is 1. The maximum Gasteiger partial charge on any atom is 0.490 e. The lowest BCUT2D eigenvalue weighted by Crippen LogP contribution is -2.30. The predicted molar refractivity (Wildman–Crippen MR) is 57.6 cm³/mol. The summed E-state index contributed by atoms with van der Waals surface area (Å²) < 4.78 is 0. The molecule has 0 aliphatic carbocycles. The van der Waals surface area contributed by atoms with Crippen molar-refractivity contribution in [1.82, 2.24) is 4.98 Å². The number of nitrogens with one attached hydrogen (secondary N) is 1. The van der Waals surface area contributed by atoms with Gasteiger partial charge in [-0.2, -0.15) is 0 Å². The summed E-state index contributed by atoms with van der Waals surface area (Å²) in [5.41, 5.74) is 0.725. The van der Waals surface area contributed by atoms with Crippen LogP contribution in [0.3, 0.4) is 0 Å². The Hall–Kier alpha value is -1.40. The second-order valence-electron chi connectivity index (χ2n) is 3.18. The monoisotopic (exact) mass is 208 g/mol. The summed E-state index contributed by atoms with van der Waals surface area (Å²) in [5.74, 6) is -0.108. The maximum atomic E-state index is 11.2. The van der Waals surface area contributed by atoms with Gasteiger partial charge in [-0.3, -0.25) is 9.78 Å². The van der Waals surface area contributed by atoms with E-state index in [9.17, 15) is 4.79 Å². The van der Waals surface area contributed by atoms with Crippen LogP contribution in [-0.2, 0) is 4.79 Å². The van der Waals surface area contributed by atoms with Crippen LogP contribution in [0.15, 0.2) is 18.5 Å². The van der Waals surface area contributed by atoms with Crippen molar-refractivity contribution in [1.29, 1.82) is 0 Å². The van der Waals surface area contributed by atoms with Gasteiger partial charge in [-0.1, -0.05) is 6.92 Å². The van der Waals surface area contributed by atoms with Crippen LogP contribution in [0.1, 0.15) is 19.8 Å². The third kappa shape index (κ3) is 3.69. The quantitative estimate of drug-likeness (QED) is 0.582. The zero-order valence-electron chi connectivity index (χ0n) is 8.47. The van der Waals surface area contributed by atoms with Crippen molar-refractivity contribution >= 4 is 24.2 Å². The Morgan fingerprint density at radius 1 is 1.53 bits per heavy atom. The highest BCUT2D eigenvalue weighted by Crippen LogP contribution is 2.03. The van der Waals surface area contributed by atoms with Crippen LogP contribution in [0.5, 0.6) is 0 Å². The molecule has 3 N–H and O–H groups in total. The number of aromatic nitrogens is 1. The van der Waals surface area contributed by atoms with Gasteiger partial charge in [-0.05, 0) is 12.5 Å². The lowest BCUT2D eigenvalue weighted by Gasteiger charge is -2.05. The van der Waals surface area contributed by atoms with Gasteiger partial charge in [0.05, 0.1) is 11.9 Å². The van der Waals surface area contributed by atoms with Crippen molar-refractivity contribution in [3.05, 3.63) is 18.5 Å². The molecule has 1 amide bonds. The molecular formula is C9H13BN2O3. The van der Waals surface area contributed by atoms with Crippen molar-refractivity contribution in [3.63, 3.8) is 0 Å². The molecule has 0 aromatic carbocycles. The van der Waals surface area contributed by atoms with Gasteiger partial charge in [-0.15, -0.1) is 0 Å². The van der Waals surface area contributed by atoms with E-state index in [0.29, 0.717) is 12.1 Å². The molecule has 0 atom stereocenters. The number of pyridine rings is 1. The van der Waals surface area contributed by atoms with E-state index in [0.717, 1.165) is 6.42 Å². The number of nitrogens with zero attached hydrogens (tertiary/aromatic N) is 1. The fraction of sp³-hybridized carbons (Fsp3) is 0.333. The highest BCUT2D eigenvalue weighted by molar-refractivity contribution is 6.58. The van der Waals surface area contributed by atoms with E-state index in [1.807, 2.05) is 6.92 Å². The molecule has 0 spiro atoms. The number of hydrogen-bond acceptors (Lipinski definition) is 4. The Labute approximate surface area is 88.3 Å². The maximum absolute atomic E-state index is 11.2. The molecule has 1 aromatic heterocycles. The lowest BCUT2D eigenvalue weighted by molar-refractivity contribution is -0.116. The lowest BCUT2D eigenvalue weighted by atomic mass is 9.81. The number of carbonyl (C=O) groups is 1. The van der Waals surface area contributed by atoms with Crippen molar-refractivity contribution in [2.45, 2.75) is 19.8 Å². The summed E-state index contributed by atoms with van der Waals surface area (Å²) in [6.07, 6.45) is 3.99. The highest BCUT2D eigenvalue weighted by atomic mass is 16.4. The molecule has 15 heavy (non-hydrogen) atoms. The predicted octanol–water partition coefficient (Wildman–Crippen LogP) is -0.500. The second kappa shape index (κ2) is 5.48. The van der Waals surface area contributed by atoms with Crippen LogP contribution >= 0.6 is 0 Å². The van der Waals surface area contributed by atoms with Crippen LogP contribution in [0, 0.1) is 0 Å². The second-order valence-corrected chi connectivity index (χ2v) is 3.18. The molecule has 80 valence electrons. The minimum Gasteiger partial charge on any atom is -0.423 e. The number of hydrogen-bond donors (Lipinski definition) is 3. The third-order valence-corrected chi connectivity index (χ3v) is 1.82. The Kier molecular flexibility index (Phi) is 4.26. The van der Waals surface area contributed by atoms with Crippen molar-refractivity contribution < 1.29 is 14.8 Å². The molecule has 0 aliphatic rings. The van der Waals surface area contributed by atoms with E-state index < -0.39 is 7.12 Å². The first-order valence-electron chi connectivity index (χ1n) is 4.74. The molecule has 0 bridgehead atoms. The smallest absolute Gasteiger partial charge is 0.423 e. The molecule has 1 aromatic rings. The first-order valence-corrected chi connectivity index (χ1v) is 4.74. The van der Waals surface area contributed by atoms with Gasteiger partial charge in [0.15, 0.2) is 0 Å². The molecule has 0 saturated carbocycles. The summed E-state index contributed by atoms with van der Waals surface area (Å²) in [7, 11) is -1.57. The number of rotatable bonds is 4. The summed E-state index contributed by atoms with van der Waals surface area (Å²) in [6.45, 7) is 1.91. The zero-order valence-corrected chi connectivity index (χ0v) is 8.47. The molecule has 0 fully saturated rings. The molecule has 0 aliphatic heterocycles. The van der Waals surface area contributed by atoms with E-state index in [2.05, 4.69) is 10.3 Å². The largest absolute Gasteiger partial charge is 0.490 e. The van der Waals surface area contributed by atoms with Crippen LogP contribution in [0.25, 0.3) is 0 Å². The van der Waals surface area contributed by atoms with Crippen LogP contribution in [-0.4, -0.2) is 28.1 Å². The molecule has 1 rings (SSSR count). The first-order chi connectivity index (χ1) is 7.13. The highest BCUT2D eigenvalue weighted by Gasteiger charge is 2.12. The van der Waals surface area contributed by atoms with Gasteiger partial charge in [0.2, 0.25) is 5.91 Å². The number of carbonyl (C=O) groups excluding carboxylic acids is 1. The third-order valence-electron chi connectivity index (χ3n) is 1.82. The van der Waals surface area contributed by atoms with Crippen LogP contribution < -0.4 is 10.8 Å². The minimum absolute atomic E-state index is 0.108. The van der Waals surface area contributed by atoms with E-state index in [1.54, 1.807) is 0 Å². The summed E-state index contributed by atoms with van der Waals surface area (Å²) >= 11 is 0. The van der Waals surface area contributed by atoms with Gasteiger partial charge < -0.3 is 15.4 Å². The Balaban J connectivity index is 2.69. The van der Waals surface area contributed by atoms with Gasteiger partial charge in [0.1, 0.15) is 0 Å². The molecule has 0 saturated heterocycles. The van der Waals surface area contributed by atoms with E-state index in [-0.39, 0.29) is 11.4 Å². The fourth-order valence-electron chi connectivity index (χ4n) is 1.12. The van der Waals surface area contributed by atoms with Gasteiger partial charge in [0, 0.05) is 18.1 Å². The topological polar surface area (TPSA) is 82.5 Å². The molecular weight excluding hydrogens is 195 g/mol. The van der Waals surface area contributed by atoms with Gasteiger partial charge in [-0.25, -0.2) is 0 Å². The van der Waals surface area contributed by atoms with E-state index in [4.69, 9.17) is 10.0 Å². The Bertz CT molecular complexity index is 344. The van der Waals surface area contributed by atoms with Gasteiger partial charge in [0.25, 0.3) is 0 Å². The SMILES string of the molecule is CCCC(=O)Nc1cncc(B(O)O)c1. The Morgan fingerprint density at radius 2 is 2.27 bits per heavy atom. The van der Waals surface area contributed by atoms with E-state index in [1.165, 1.54) is 18.5 Å². The van der Waals surface area contributed by atoms with Crippen molar-refractivity contribution in [2.24, 2.45) is 0 Å². The molecule has 1 heterocycles. The standard InChI is InChI=1S/C9H13BN2O3/c1-2-3-9(13)12-8-4-7(10(14)15)5-11-6-8/h4-6,14-15H,2-3H2,1H3,(H,12,13). The average molecular weight is 208 g/mol. The fourth-order valence-corrected chi connectivity index (χ4v) is 1.12. The minimum atomic E-state index is -1.57. The molecule has 6 heteroatoms. The summed E-state index contributed by atoms with van der Waals surface area (Å²) in [6, 6.07) is 1.48. The summed E-state index contributed by atoms with van der Waals surface area (Å²) in [5, 5.41) is 20.4. The molecule has 0 radical (unpaired) electrons. The normalized spacial score (nSPS) is 9.80. The van der Waals surface area contributed by atoms with Crippen LogP contribution in [0.2, 0.25) is 0 Å². The number of anilines is 1. The molecule has 0 unspecified atom stereocenters. The van der Waals surface area contributed by atoms with Gasteiger partial charge >= 0.3 is 7.12 Å². The molecule has 5 nitrogen and oxygen atoms in total. The summed E-state index contributed by atoms with van der Waals surface area (Å²) in [4.78, 5) is 15.0. The Morgan fingerprint density at radius 3 is 2.87 bits per heavy atom. The van der Waals surface area contributed by atoms with E-state index >= 15 is 0 Å².